The van der Waals surface area contributed by atoms with E-state index in [1.807, 2.05) is 34.5 Å². The summed E-state index contributed by atoms with van der Waals surface area (Å²) in [5.41, 5.74) is 6.42. The third kappa shape index (κ3) is 4.84. The van der Waals surface area contributed by atoms with E-state index in [0.717, 1.165) is 42.8 Å². The van der Waals surface area contributed by atoms with Crippen molar-refractivity contribution < 1.29 is 4.39 Å². The van der Waals surface area contributed by atoms with Crippen molar-refractivity contribution >= 4 is 34.2 Å². The minimum atomic E-state index is -0.239. The molecule has 1 atom stereocenters. The molecule has 1 aliphatic heterocycles. The lowest BCUT2D eigenvalue weighted by Gasteiger charge is -2.42. The van der Waals surface area contributed by atoms with Crippen molar-refractivity contribution in [3.8, 4) is 5.69 Å². The number of benzene rings is 2. The number of aromatic nitrogens is 3. The van der Waals surface area contributed by atoms with Crippen LogP contribution in [0.4, 0.5) is 4.39 Å². The fourth-order valence-corrected chi connectivity index (χ4v) is 6.30. The second-order valence-electron chi connectivity index (χ2n) is 9.00. The highest BCUT2D eigenvalue weighted by molar-refractivity contribution is 7.98. The molecule has 0 bridgehead atoms. The quantitative estimate of drug-likeness (QED) is 0.318. The van der Waals surface area contributed by atoms with Crippen molar-refractivity contribution in [3.63, 3.8) is 0 Å². The monoisotopic (exact) mass is 481 g/mol. The Hall–Kier alpha value is -2.26. The van der Waals surface area contributed by atoms with Gasteiger partial charge in [-0.2, -0.15) is 5.10 Å². The van der Waals surface area contributed by atoms with Gasteiger partial charge in [-0.25, -0.2) is 13.4 Å². The highest BCUT2D eigenvalue weighted by atomic mass is 32.2. The van der Waals surface area contributed by atoms with E-state index in [1.165, 1.54) is 27.5 Å². The Morgan fingerprint density at radius 2 is 1.97 bits per heavy atom. The average molecular weight is 482 g/mol. The molecule has 0 amide bonds. The van der Waals surface area contributed by atoms with Gasteiger partial charge in [0.25, 0.3) is 0 Å². The van der Waals surface area contributed by atoms with Gasteiger partial charge in [0.1, 0.15) is 5.82 Å². The SMILES string of the molecule is Cc1cc2c(cnn2-c2ccc(F)cc2)cc1C1CN(Sc2cncs2)CCN1CC(C)C. The molecule has 0 spiro atoms. The zero-order chi connectivity index (χ0) is 22.9. The Bertz CT molecular complexity index is 1220. The summed E-state index contributed by atoms with van der Waals surface area (Å²) >= 11 is 3.51. The van der Waals surface area contributed by atoms with Crippen LogP contribution < -0.4 is 0 Å². The lowest BCUT2D eigenvalue weighted by Crippen LogP contribution is -2.47. The fourth-order valence-electron chi connectivity index (χ4n) is 4.58. The molecule has 1 saturated heterocycles. The molecule has 1 aliphatic rings. The van der Waals surface area contributed by atoms with Crippen molar-refractivity contribution in [2.45, 2.75) is 31.0 Å². The van der Waals surface area contributed by atoms with Crippen LogP contribution in [0.2, 0.25) is 0 Å². The van der Waals surface area contributed by atoms with Crippen LogP contribution in [0.25, 0.3) is 16.6 Å². The Labute approximate surface area is 202 Å². The van der Waals surface area contributed by atoms with E-state index in [2.05, 4.69) is 52.2 Å². The summed E-state index contributed by atoms with van der Waals surface area (Å²) in [4.78, 5) is 6.86. The number of aryl methyl sites for hydroxylation is 1. The van der Waals surface area contributed by atoms with Crippen LogP contribution in [0.15, 0.2) is 58.5 Å². The largest absolute Gasteiger partial charge is 0.293 e. The third-order valence-electron chi connectivity index (χ3n) is 6.07. The second-order valence-corrected chi connectivity index (χ2v) is 11.3. The molecular weight excluding hydrogens is 453 g/mol. The number of hydrogen-bond acceptors (Lipinski definition) is 6. The zero-order valence-electron chi connectivity index (χ0n) is 19.1. The summed E-state index contributed by atoms with van der Waals surface area (Å²) in [5, 5.41) is 5.72. The molecule has 2 aromatic carbocycles. The van der Waals surface area contributed by atoms with Crippen LogP contribution in [0, 0.1) is 18.7 Å². The summed E-state index contributed by atoms with van der Waals surface area (Å²) < 4.78 is 19.0. The first-order valence-electron chi connectivity index (χ1n) is 11.3. The Kier molecular flexibility index (Phi) is 6.51. The first-order chi connectivity index (χ1) is 16.0. The molecule has 0 saturated carbocycles. The highest BCUT2D eigenvalue weighted by Gasteiger charge is 2.30. The van der Waals surface area contributed by atoms with E-state index in [9.17, 15) is 4.39 Å². The Morgan fingerprint density at radius 3 is 2.70 bits per heavy atom. The van der Waals surface area contributed by atoms with Crippen LogP contribution >= 0.6 is 23.3 Å². The van der Waals surface area contributed by atoms with Gasteiger partial charge in [-0.05, 0) is 72.3 Å². The van der Waals surface area contributed by atoms with Crippen molar-refractivity contribution in [3.05, 3.63) is 71.2 Å². The molecule has 1 fully saturated rings. The smallest absolute Gasteiger partial charge is 0.123 e. The van der Waals surface area contributed by atoms with Gasteiger partial charge in [-0.1, -0.05) is 13.8 Å². The van der Waals surface area contributed by atoms with Crippen LogP contribution in [0.1, 0.15) is 31.0 Å². The first-order valence-corrected chi connectivity index (χ1v) is 12.9. The van der Waals surface area contributed by atoms with E-state index in [-0.39, 0.29) is 5.82 Å². The maximum Gasteiger partial charge on any atom is 0.123 e. The number of rotatable bonds is 6. The Balaban J connectivity index is 1.48. The Morgan fingerprint density at radius 1 is 1.15 bits per heavy atom. The minimum Gasteiger partial charge on any atom is -0.293 e. The standard InChI is InChI=1S/C25H28FN5S2/c1-17(2)14-29-8-9-30(33-25-13-27-16-32-25)15-24(29)22-11-19-12-28-31(23(19)10-18(22)3)21-6-4-20(26)5-7-21/h4-7,10-13,16-17,24H,8-9,14-15H2,1-3H3. The molecule has 4 aromatic rings. The van der Waals surface area contributed by atoms with Gasteiger partial charge >= 0.3 is 0 Å². The number of fused-ring (bicyclic) bond motifs is 1. The number of nitrogens with zero attached hydrogens (tertiary/aromatic N) is 5. The van der Waals surface area contributed by atoms with Gasteiger partial charge in [0.2, 0.25) is 0 Å². The van der Waals surface area contributed by atoms with Crippen molar-refractivity contribution in [2.75, 3.05) is 26.2 Å². The number of piperazine rings is 1. The highest BCUT2D eigenvalue weighted by Crippen LogP contribution is 2.36. The van der Waals surface area contributed by atoms with Crippen molar-refractivity contribution in [2.24, 2.45) is 5.92 Å². The molecule has 3 heterocycles. The van der Waals surface area contributed by atoms with E-state index in [0.29, 0.717) is 12.0 Å². The van der Waals surface area contributed by atoms with Crippen molar-refractivity contribution in [1.82, 2.24) is 24.0 Å². The topological polar surface area (TPSA) is 37.2 Å². The van der Waals surface area contributed by atoms with E-state index in [1.54, 1.807) is 23.5 Å². The van der Waals surface area contributed by atoms with E-state index < -0.39 is 0 Å². The summed E-state index contributed by atoms with van der Waals surface area (Å²) in [7, 11) is 0. The molecule has 2 aromatic heterocycles. The molecule has 0 N–H and O–H groups in total. The number of thiazole rings is 1. The molecule has 8 heteroatoms. The molecule has 172 valence electrons. The summed E-state index contributed by atoms with van der Waals surface area (Å²) in [5.74, 6) is 0.371. The summed E-state index contributed by atoms with van der Waals surface area (Å²) in [6, 6.07) is 11.3. The van der Waals surface area contributed by atoms with Crippen molar-refractivity contribution in [1.29, 1.82) is 0 Å². The number of halogens is 1. The third-order valence-corrected chi connectivity index (χ3v) is 8.02. The summed E-state index contributed by atoms with van der Waals surface area (Å²) in [6.45, 7) is 10.9. The maximum absolute atomic E-state index is 13.4. The van der Waals surface area contributed by atoms with E-state index in [4.69, 9.17) is 0 Å². The molecule has 5 nitrogen and oxygen atoms in total. The van der Waals surface area contributed by atoms with Crippen LogP contribution in [-0.4, -0.2) is 50.1 Å². The molecular formula is C25H28FN5S2. The fraction of sp³-hybridized carbons (Fsp3) is 0.360. The van der Waals surface area contributed by atoms with Crippen LogP contribution in [0.5, 0.6) is 0 Å². The second kappa shape index (κ2) is 9.54. The van der Waals surface area contributed by atoms with Gasteiger partial charge in [0.15, 0.2) is 0 Å². The minimum absolute atomic E-state index is 0.239. The maximum atomic E-state index is 13.4. The van der Waals surface area contributed by atoms with Gasteiger partial charge in [0.05, 0.1) is 33.3 Å². The molecule has 5 rings (SSSR count). The number of hydrogen-bond donors (Lipinski definition) is 0. The van der Waals surface area contributed by atoms with Gasteiger partial charge in [0, 0.05) is 37.6 Å². The molecule has 1 unspecified atom stereocenters. The molecule has 0 aliphatic carbocycles. The lowest BCUT2D eigenvalue weighted by molar-refractivity contribution is 0.110. The predicted octanol–water partition coefficient (Wildman–Crippen LogP) is 5.95. The van der Waals surface area contributed by atoms with Crippen LogP contribution in [0.3, 0.4) is 0 Å². The first kappa shape index (κ1) is 22.5. The zero-order valence-corrected chi connectivity index (χ0v) is 20.7. The molecule has 0 radical (unpaired) electrons. The average Bonchev–Trinajstić information content (AvgIpc) is 3.44. The van der Waals surface area contributed by atoms with Gasteiger partial charge < -0.3 is 0 Å². The lowest BCUT2D eigenvalue weighted by atomic mass is 9.96. The van der Waals surface area contributed by atoms with Crippen LogP contribution in [-0.2, 0) is 0 Å². The predicted molar refractivity (Wildman–Crippen MR) is 134 cm³/mol. The normalized spacial score (nSPS) is 17.9. The van der Waals surface area contributed by atoms with E-state index >= 15 is 0 Å². The molecule has 33 heavy (non-hydrogen) atoms. The van der Waals surface area contributed by atoms with Gasteiger partial charge in [-0.15, -0.1) is 11.3 Å². The van der Waals surface area contributed by atoms with Gasteiger partial charge in [-0.3, -0.25) is 9.88 Å². The summed E-state index contributed by atoms with van der Waals surface area (Å²) in [6.07, 6.45) is 3.87.